The van der Waals surface area contributed by atoms with Gasteiger partial charge in [-0.15, -0.1) is 6.42 Å². The zero-order chi connectivity index (χ0) is 13.0. The topological polar surface area (TPSA) is 27.7 Å². The molecule has 0 unspecified atom stereocenters. The molecule has 0 N–H and O–H groups in total. The Balaban J connectivity index is 1.82. The van der Waals surface area contributed by atoms with Crippen LogP contribution in [0.15, 0.2) is 30.3 Å². The van der Waals surface area contributed by atoms with Crippen LogP contribution in [0.25, 0.3) is 0 Å². The molecule has 3 heteroatoms. The first-order valence-corrected chi connectivity index (χ1v) is 6.04. The zero-order valence-electron chi connectivity index (χ0n) is 10.8. The predicted octanol–water partition coefficient (Wildman–Crippen LogP) is 2.36. The molecule has 18 heavy (non-hydrogen) atoms. The van der Waals surface area contributed by atoms with Crippen LogP contribution in [-0.2, 0) is 20.8 Å². The molecule has 1 aromatic rings. The predicted molar refractivity (Wildman–Crippen MR) is 68.8 cm³/mol. The molecule has 1 aliphatic heterocycles. The molecular weight excluding hydrogens is 228 g/mol. The molecule has 1 aliphatic rings. The highest BCUT2D eigenvalue weighted by Crippen LogP contribution is 2.27. The minimum atomic E-state index is -0.627. The van der Waals surface area contributed by atoms with E-state index in [4.69, 9.17) is 20.6 Å². The third kappa shape index (κ3) is 3.33. The van der Waals surface area contributed by atoms with Crippen LogP contribution in [0.2, 0.25) is 0 Å². The first-order chi connectivity index (χ1) is 8.61. The third-order valence-corrected chi connectivity index (χ3v) is 2.74. The van der Waals surface area contributed by atoms with Gasteiger partial charge in [-0.25, -0.2) is 0 Å². The molecule has 2 rings (SSSR count). The molecule has 0 spiro atoms. The number of hydrogen-bond acceptors (Lipinski definition) is 3. The van der Waals surface area contributed by atoms with E-state index >= 15 is 0 Å². The van der Waals surface area contributed by atoms with E-state index in [1.165, 1.54) is 0 Å². The number of rotatable bonds is 4. The maximum atomic E-state index is 5.70. The fraction of sp³-hybridized carbons (Fsp3) is 0.467. The molecule has 1 saturated heterocycles. The standard InChI is InChI=1S/C15H18O3/c1-4-13-14(18-15(2,3)17-13)11-16-10-12-8-6-5-7-9-12/h1,5-9,13-14H,10-11H2,2-3H3/t13-,14-/m0/s1. The maximum Gasteiger partial charge on any atom is 0.165 e. The van der Waals surface area contributed by atoms with Gasteiger partial charge in [-0.1, -0.05) is 36.3 Å². The summed E-state index contributed by atoms with van der Waals surface area (Å²) in [6.45, 7) is 4.70. The van der Waals surface area contributed by atoms with Gasteiger partial charge in [0.2, 0.25) is 0 Å². The van der Waals surface area contributed by atoms with Crippen molar-refractivity contribution >= 4 is 0 Å². The quantitative estimate of drug-likeness (QED) is 0.763. The van der Waals surface area contributed by atoms with Crippen molar-refractivity contribution in [2.45, 2.75) is 38.4 Å². The first kappa shape index (κ1) is 13.1. The lowest BCUT2D eigenvalue weighted by atomic mass is 10.2. The molecule has 2 atom stereocenters. The van der Waals surface area contributed by atoms with Crippen LogP contribution in [0, 0.1) is 12.3 Å². The van der Waals surface area contributed by atoms with Gasteiger partial charge in [0, 0.05) is 0 Å². The highest BCUT2D eigenvalue weighted by atomic mass is 16.8. The van der Waals surface area contributed by atoms with E-state index in [-0.39, 0.29) is 12.2 Å². The largest absolute Gasteiger partial charge is 0.374 e. The van der Waals surface area contributed by atoms with E-state index in [9.17, 15) is 0 Å². The number of ether oxygens (including phenoxy) is 3. The van der Waals surface area contributed by atoms with Gasteiger partial charge in [-0.3, -0.25) is 0 Å². The number of terminal acetylenes is 1. The summed E-state index contributed by atoms with van der Waals surface area (Å²) in [5.41, 5.74) is 1.13. The van der Waals surface area contributed by atoms with Crippen molar-refractivity contribution in [1.82, 2.24) is 0 Å². The van der Waals surface area contributed by atoms with Gasteiger partial charge in [0.05, 0.1) is 13.2 Å². The molecule has 96 valence electrons. The minimum Gasteiger partial charge on any atom is -0.374 e. The van der Waals surface area contributed by atoms with Crippen molar-refractivity contribution in [2.75, 3.05) is 6.61 Å². The zero-order valence-corrected chi connectivity index (χ0v) is 10.8. The summed E-state index contributed by atoms with van der Waals surface area (Å²) >= 11 is 0. The Hall–Kier alpha value is -1.34. The summed E-state index contributed by atoms with van der Waals surface area (Å²) in [7, 11) is 0. The fourth-order valence-corrected chi connectivity index (χ4v) is 1.97. The molecule has 0 saturated carbocycles. The summed E-state index contributed by atoms with van der Waals surface area (Å²) in [5, 5.41) is 0. The second-order valence-electron chi connectivity index (χ2n) is 4.76. The lowest BCUT2D eigenvalue weighted by Crippen LogP contribution is -2.26. The lowest BCUT2D eigenvalue weighted by Gasteiger charge is -2.16. The van der Waals surface area contributed by atoms with Gasteiger partial charge in [0.15, 0.2) is 5.79 Å². The van der Waals surface area contributed by atoms with Crippen molar-refractivity contribution in [3.8, 4) is 12.3 Å². The van der Waals surface area contributed by atoms with E-state index in [2.05, 4.69) is 5.92 Å². The third-order valence-electron chi connectivity index (χ3n) is 2.74. The van der Waals surface area contributed by atoms with E-state index in [0.717, 1.165) is 5.56 Å². The van der Waals surface area contributed by atoms with Crippen LogP contribution in [0.3, 0.4) is 0 Å². The van der Waals surface area contributed by atoms with Crippen LogP contribution >= 0.6 is 0 Å². The Morgan fingerprint density at radius 2 is 2.00 bits per heavy atom. The van der Waals surface area contributed by atoms with E-state index in [0.29, 0.717) is 13.2 Å². The summed E-state index contributed by atoms with van der Waals surface area (Å²) < 4.78 is 16.9. The molecule has 0 bridgehead atoms. The minimum absolute atomic E-state index is 0.200. The van der Waals surface area contributed by atoms with Crippen molar-refractivity contribution in [3.63, 3.8) is 0 Å². The second-order valence-corrected chi connectivity index (χ2v) is 4.76. The molecule has 3 nitrogen and oxygen atoms in total. The Morgan fingerprint density at radius 1 is 1.28 bits per heavy atom. The Bertz CT molecular complexity index is 419. The van der Waals surface area contributed by atoms with Gasteiger partial charge in [-0.05, 0) is 19.4 Å². The highest BCUT2D eigenvalue weighted by Gasteiger charge is 2.40. The van der Waals surface area contributed by atoms with Crippen LogP contribution in [0.4, 0.5) is 0 Å². The Morgan fingerprint density at radius 3 is 2.67 bits per heavy atom. The van der Waals surface area contributed by atoms with Gasteiger partial charge in [-0.2, -0.15) is 0 Å². The van der Waals surface area contributed by atoms with E-state index < -0.39 is 5.79 Å². The molecule has 1 fully saturated rings. The van der Waals surface area contributed by atoms with E-state index in [1.807, 2.05) is 44.2 Å². The van der Waals surface area contributed by atoms with Crippen molar-refractivity contribution in [3.05, 3.63) is 35.9 Å². The molecule has 0 radical (unpaired) electrons. The monoisotopic (exact) mass is 246 g/mol. The fourth-order valence-electron chi connectivity index (χ4n) is 1.97. The van der Waals surface area contributed by atoms with E-state index in [1.54, 1.807) is 0 Å². The van der Waals surface area contributed by atoms with Gasteiger partial charge < -0.3 is 14.2 Å². The summed E-state index contributed by atoms with van der Waals surface area (Å²) in [5.74, 6) is 1.96. The van der Waals surface area contributed by atoms with Crippen LogP contribution in [0.1, 0.15) is 19.4 Å². The maximum absolute atomic E-state index is 5.70. The number of hydrogen-bond donors (Lipinski definition) is 0. The normalized spacial score (nSPS) is 25.8. The molecular formula is C15H18O3. The highest BCUT2D eigenvalue weighted by molar-refractivity contribution is 5.13. The molecule has 0 amide bonds. The van der Waals surface area contributed by atoms with Gasteiger partial charge in [0.25, 0.3) is 0 Å². The summed E-state index contributed by atoms with van der Waals surface area (Å²) in [6.07, 6.45) is 4.88. The van der Waals surface area contributed by atoms with Crippen LogP contribution in [-0.4, -0.2) is 24.6 Å². The SMILES string of the molecule is C#C[C@@H]1OC(C)(C)O[C@H]1COCc1ccccc1. The van der Waals surface area contributed by atoms with Crippen LogP contribution in [0.5, 0.6) is 0 Å². The molecule has 0 aromatic heterocycles. The van der Waals surface area contributed by atoms with Crippen molar-refractivity contribution in [2.24, 2.45) is 0 Å². The van der Waals surface area contributed by atoms with Gasteiger partial charge in [0.1, 0.15) is 12.2 Å². The van der Waals surface area contributed by atoms with Crippen molar-refractivity contribution < 1.29 is 14.2 Å². The second kappa shape index (κ2) is 5.53. The average molecular weight is 246 g/mol. The molecule has 1 aromatic carbocycles. The lowest BCUT2D eigenvalue weighted by molar-refractivity contribution is -0.148. The van der Waals surface area contributed by atoms with Gasteiger partial charge >= 0.3 is 0 Å². The average Bonchev–Trinajstić information content (AvgIpc) is 2.65. The smallest absolute Gasteiger partial charge is 0.165 e. The summed E-state index contributed by atoms with van der Waals surface area (Å²) in [4.78, 5) is 0. The number of benzene rings is 1. The van der Waals surface area contributed by atoms with Crippen molar-refractivity contribution in [1.29, 1.82) is 0 Å². The van der Waals surface area contributed by atoms with Crippen LogP contribution < -0.4 is 0 Å². The molecule has 1 heterocycles. The Kier molecular flexibility index (Phi) is 4.03. The summed E-state index contributed by atoms with van der Waals surface area (Å²) in [6, 6.07) is 10.00. The molecule has 0 aliphatic carbocycles. The Labute approximate surface area is 108 Å². The first-order valence-electron chi connectivity index (χ1n) is 6.04.